The molecule has 0 radical (unpaired) electrons. The minimum Gasteiger partial charge on any atom is -0.493 e. The van der Waals surface area contributed by atoms with Gasteiger partial charge in [0.15, 0.2) is 0 Å². The van der Waals surface area contributed by atoms with Crippen LogP contribution in [0.15, 0.2) is 53.4 Å². The molecule has 0 bridgehead atoms. The Morgan fingerprint density at radius 1 is 1.08 bits per heavy atom. The summed E-state index contributed by atoms with van der Waals surface area (Å²) >= 11 is 0. The van der Waals surface area contributed by atoms with Gasteiger partial charge < -0.3 is 9.64 Å². The molecule has 7 heteroatoms. The fourth-order valence-corrected chi connectivity index (χ4v) is 4.70. The van der Waals surface area contributed by atoms with Gasteiger partial charge in [-0.25, -0.2) is 13.1 Å². The molecule has 0 spiro atoms. The highest BCUT2D eigenvalue weighted by atomic mass is 32.2. The van der Waals surface area contributed by atoms with Crippen LogP contribution in [0.3, 0.4) is 0 Å². The Morgan fingerprint density at radius 3 is 2.58 bits per heavy atom. The lowest BCUT2D eigenvalue weighted by Crippen LogP contribution is -2.32. The van der Waals surface area contributed by atoms with Crippen LogP contribution in [-0.4, -0.2) is 27.5 Å². The van der Waals surface area contributed by atoms with Crippen molar-refractivity contribution >= 4 is 21.6 Å². The van der Waals surface area contributed by atoms with E-state index in [2.05, 4.69) is 4.72 Å². The molecule has 1 unspecified atom stereocenters. The van der Waals surface area contributed by atoms with Gasteiger partial charge in [0.05, 0.1) is 17.5 Å². The van der Waals surface area contributed by atoms with E-state index in [0.29, 0.717) is 31.7 Å². The molecule has 0 aromatic heterocycles. The Kier molecular flexibility index (Phi) is 4.42. The molecular weight excluding hydrogens is 352 g/mol. The van der Waals surface area contributed by atoms with Crippen molar-refractivity contribution < 1.29 is 17.9 Å². The quantitative estimate of drug-likeness (QED) is 0.895. The monoisotopic (exact) mass is 372 g/mol. The highest BCUT2D eigenvalue weighted by Gasteiger charge is 2.27. The molecule has 0 saturated carbocycles. The zero-order valence-corrected chi connectivity index (χ0v) is 15.0. The standard InChI is InChI=1S/C19H20N2O4S/c22-19-6-3-12-21(19)14-7-9-15(10-8-14)26(23,24)20-17-11-13-25-18-5-2-1-4-16(17)18/h1-2,4-5,7-10,17,20H,3,6,11-13H2. The summed E-state index contributed by atoms with van der Waals surface area (Å²) in [5.41, 5.74) is 1.59. The number of carbonyl (C=O) groups is 1. The highest BCUT2D eigenvalue weighted by Crippen LogP contribution is 2.33. The molecule has 1 N–H and O–H groups in total. The Labute approximate surface area is 152 Å². The molecule has 136 valence electrons. The smallest absolute Gasteiger partial charge is 0.241 e. The minimum atomic E-state index is -3.67. The molecule has 6 nitrogen and oxygen atoms in total. The second kappa shape index (κ2) is 6.74. The fourth-order valence-electron chi connectivity index (χ4n) is 3.45. The summed E-state index contributed by atoms with van der Waals surface area (Å²) in [4.78, 5) is 13.7. The zero-order chi connectivity index (χ0) is 18.1. The van der Waals surface area contributed by atoms with E-state index in [1.165, 1.54) is 0 Å². The molecule has 0 aliphatic carbocycles. The summed E-state index contributed by atoms with van der Waals surface area (Å²) in [5.74, 6) is 0.798. The average Bonchev–Trinajstić information content (AvgIpc) is 3.08. The third-order valence-electron chi connectivity index (χ3n) is 4.79. The van der Waals surface area contributed by atoms with Gasteiger partial charge in [-0.15, -0.1) is 0 Å². The Morgan fingerprint density at radius 2 is 1.85 bits per heavy atom. The average molecular weight is 372 g/mol. The van der Waals surface area contributed by atoms with Crippen LogP contribution >= 0.6 is 0 Å². The third-order valence-corrected chi connectivity index (χ3v) is 6.28. The largest absolute Gasteiger partial charge is 0.493 e. The number of fused-ring (bicyclic) bond motifs is 1. The van der Waals surface area contributed by atoms with Gasteiger partial charge in [-0.3, -0.25) is 4.79 Å². The van der Waals surface area contributed by atoms with Crippen molar-refractivity contribution in [2.45, 2.75) is 30.2 Å². The van der Waals surface area contributed by atoms with Crippen LogP contribution in [-0.2, 0) is 14.8 Å². The van der Waals surface area contributed by atoms with E-state index >= 15 is 0 Å². The Hall–Kier alpha value is -2.38. The van der Waals surface area contributed by atoms with Gasteiger partial charge >= 0.3 is 0 Å². The molecule has 2 aliphatic heterocycles. The van der Waals surface area contributed by atoms with Crippen LogP contribution in [0.4, 0.5) is 5.69 Å². The van der Waals surface area contributed by atoms with E-state index in [1.54, 1.807) is 29.2 Å². The number of ether oxygens (including phenoxy) is 1. The van der Waals surface area contributed by atoms with Crippen LogP contribution in [0.1, 0.15) is 30.9 Å². The number of sulfonamides is 1. The van der Waals surface area contributed by atoms with E-state index in [1.807, 2.05) is 24.3 Å². The molecule has 2 heterocycles. The van der Waals surface area contributed by atoms with E-state index in [4.69, 9.17) is 4.74 Å². The first-order valence-corrected chi connectivity index (χ1v) is 10.2. The number of benzene rings is 2. The number of nitrogens with zero attached hydrogens (tertiary/aromatic N) is 1. The SMILES string of the molecule is O=C1CCCN1c1ccc(S(=O)(=O)NC2CCOc3ccccc32)cc1. The predicted molar refractivity (Wildman–Crippen MR) is 97.6 cm³/mol. The van der Waals surface area contributed by atoms with Crippen LogP contribution in [0.25, 0.3) is 0 Å². The summed E-state index contributed by atoms with van der Waals surface area (Å²) < 4.78 is 33.9. The molecule has 1 fully saturated rings. The third kappa shape index (κ3) is 3.20. The number of hydrogen-bond acceptors (Lipinski definition) is 4. The molecule has 2 aliphatic rings. The molecular formula is C19H20N2O4S. The molecule has 2 aromatic carbocycles. The second-order valence-electron chi connectivity index (χ2n) is 6.49. The highest BCUT2D eigenvalue weighted by molar-refractivity contribution is 7.89. The second-order valence-corrected chi connectivity index (χ2v) is 8.21. The van der Waals surface area contributed by atoms with Crippen molar-refractivity contribution in [2.24, 2.45) is 0 Å². The van der Waals surface area contributed by atoms with E-state index < -0.39 is 10.0 Å². The number of rotatable bonds is 4. The number of hydrogen-bond donors (Lipinski definition) is 1. The first-order valence-electron chi connectivity index (χ1n) is 8.69. The molecule has 26 heavy (non-hydrogen) atoms. The predicted octanol–water partition coefficient (Wildman–Crippen LogP) is 2.62. The van der Waals surface area contributed by atoms with Gasteiger partial charge in [-0.1, -0.05) is 18.2 Å². The van der Waals surface area contributed by atoms with Crippen LogP contribution < -0.4 is 14.4 Å². The first-order chi connectivity index (χ1) is 12.5. The number of nitrogens with one attached hydrogen (secondary N) is 1. The molecule has 2 aromatic rings. The summed E-state index contributed by atoms with van der Waals surface area (Å²) in [6.07, 6.45) is 1.96. The maximum absolute atomic E-state index is 12.8. The number of anilines is 1. The van der Waals surface area contributed by atoms with Gasteiger partial charge in [0.1, 0.15) is 5.75 Å². The Balaban J connectivity index is 1.55. The van der Waals surface area contributed by atoms with E-state index in [0.717, 1.165) is 17.7 Å². The van der Waals surface area contributed by atoms with Crippen molar-refractivity contribution in [1.29, 1.82) is 0 Å². The summed E-state index contributed by atoms with van der Waals surface area (Å²) in [7, 11) is -3.67. The van der Waals surface area contributed by atoms with Crippen LogP contribution in [0.2, 0.25) is 0 Å². The van der Waals surface area contributed by atoms with Gasteiger partial charge in [-0.05, 0) is 36.8 Å². The molecule has 1 atom stereocenters. The van der Waals surface area contributed by atoms with Gasteiger partial charge in [-0.2, -0.15) is 0 Å². The maximum Gasteiger partial charge on any atom is 0.241 e. The van der Waals surface area contributed by atoms with Crippen molar-refractivity contribution in [3.8, 4) is 5.75 Å². The van der Waals surface area contributed by atoms with Gasteiger partial charge in [0.2, 0.25) is 15.9 Å². The Bertz CT molecular complexity index is 925. The van der Waals surface area contributed by atoms with Gasteiger partial charge in [0, 0.05) is 30.6 Å². The van der Waals surface area contributed by atoms with Crippen LogP contribution in [0, 0.1) is 0 Å². The summed E-state index contributed by atoms with van der Waals surface area (Å²) in [5, 5.41) is 0. The number of carbonyl (C=O) groups excluding carboxylic acids is 1. The zero-order valence-electron chi connectivity index (χ0n) is 14.2. The van der Waals surface area contributed by atoms with E-state index in [-0.39, 0.29) is 16.8 Å². The normalized spacial score (nSPS) is 19.9. The fraction of sp³-hybridized carbons (Fsp3) is 0.316. The van der Waals surface area contributed by atoms with Crippen molar-refractivity contribution in [3.63, 3.8) is 0 Å². The lowest BCUT2D eigenvalue weighted by molar-refractivity contribution is -0.117. The number of para-hydroxylation sites is 1. The maximum atomic E-state index is 12.8. The molecule has 4 rings (SSSR count). The minimum absolute atomic E-state index is 0.0811. The van der Waals surface area contributed by atoms with Crippen molar-refractivity contribution in [1.82, 2.24) is 4.72 Å². The lowest BCUT2D eigenvalue weighted by Gasteiger charge is -2.26. The van der Waals surface area contributed by atoms with E-state index in [9.17, 15) is 13.2 Å². The summed E-state index contributed by atoms with van der Waals surface area (Å²) in [6.45, 7) is 1.16. The van der Waals surface area contributed by atoms with Crippen LogP contribution in [0.5, 0.6) is 5.75 Å². The molecule has 1 amide bonds. The molecule has 1 saturated heterocycles. The number of amides is 1. The summed E-state index contributed by atoms with van der Waals surface area (Å²) in [6, 6.07) is 13.6. The van der Waals surface area contributed by atoms with Crippen molar-refractivity contribution in [2.75, 3.05) is 18.1 Å². The lowest BCUT2D eigenvalue weighted by atomic mass is 10.0. The topological polar surface area (TPSA) is 75.7 Å². The first kappa shape index (κ1) is 17.1. The van der Waals surface area contributed by atoms with Crippen molar-refractivity contribution in [3.05, 3.63) is 54.1 Å². The van der Waals surface area contributed by atoms with Gasteiger partial charge in [0.25, 0.3) is 0 Å².